The van der Waals surface area contributed by atoms with Crippen LogP contribution in [0.1, 0.15) is 38.2 Å². The first-order valence-electron chi connectivity index (χ1n) is 7.64. The van der Waals surface area contributed by atoms with Crippen LogP contribution in [0.15, 0.2) is 24.3 Å². The van der Waals surface area contributed by atoms with Crippen molar-refractivity contribution in [3.8, 4) is 0 Å². The highest BCUT2D eigenvalue weighted by molar-refractivity contribution is 5.21. The summed E-state index contributed by atoms with van der Waals surface area (Å²) < 4.78 is 13.0. The van der Waals surface area contributed by atoms with E-state index in [2.05, 4.69) is 0 Å². The molecule has 3 heteroatoms. The SMILES string of the molecule is CC(O)(Cc1ccc(F)cc1)C1(CN)CC2CCC1C2. The topological polar surface area (TPSA) is 46.2 Å². The summed E-state index contributed by atoms with van der Waals surface area (Å²) in [6, 6.07) is 6.45. The van der Waals surface area contributed by atoms with Crippen molar-refractivity contribution in [1.82, 2.24) is 0 Å². The molecule has 2 saturated carbocycles. The first-order chi connectivity index (χ1) is 9.47. The molecule has 2 fully saturated rings. The lowest BCUT2D eigenvalue weighted by atomic mass is 9.61. The van der Waals surface area contributed by atoms with Crippen LogP contribution in [0.25, 0.3) is 0 Å². The zero-order valence-corrected chi connectivity index (χ0v) is 12.1. The van der Waals surface area contributed by atoms with Crippen LogP contribution in [0.4, 0.5) is 4.39 Å². The van der Waals surface area contributed by atoms with E-state index in [0.717, 1.165) is 17.9 Å². The lowest BCUT2D eigenvalue weighted by Gasteiger charge is -2.48. The van der Waals surface area contributed by atoms with Gasteiger partial charge in [0.1, 0.15) is 5.82 Å². The predicted octanol–water partition coefficient (Wildman–Crippen LogP) is 2.88. The fourth-order valence-corrected chi connectivity index (χ4v) is 4.75. The van der Waals surface area contributed by atoms with Gasteiger partial charge in [0.2, 0.25) is 0 Å². The summed E-state index contributed by atoms with van der Waals surface area (Å²) in [5.74, 6) is 1.05. The Morgan fingerprint density at radius 2 is 2.05 bits per heavy atom. The number of benzene rings is 1. The van der Waals surface area contributed by atoms with Gasteiger partial charge in [-0.2, -0.15) is 0 Å². The number of hydrogen-bond donors (Lipinski definition) is 2. The van der Waals surface area contributed by atoms with E-state index in [4.69, 9.17) is 5.73 Å². The number of aliphatic hydroxyl groups is 1. The molecule has 0 radical (unpaired) electrons. The third-order valence-corrected chi connectivity index (χ3v) is 5.87. The van der Waals surface area contributed by atoms with E-state index in [9.17, 15) is 9.50 Å². The van der Waals surface area contributed by atoms with Crippen LogP contribution in [0, 0.1) is 23.1 Å². The maximum Gasteiger partial charge on any atom is 0.123 e. The van der Waals surface area contributed by atoms with Crippen LogP contribution in [-0.2, 0) is 6.42 Å². The molecule has 2 aliphatic carbocycles. The quantitative estimate of drug-likeness (QED) is 0.889. The van der Waals surface area contributed by atoms with Crippen molar-refractivity contribution in [2.75, 3.05) is 6.54 Å². The molecular formula is C17H24FNO. The maximum absolute atomic E-state index is 13.0. The molecule has 1 aromatic rings. The van der Waals surface area contributed by atoms with E-state index >= 15 is 0 Å². The van der Waals surface area contributed by atoms with Gasteiger partial charge >= 0.3 is 0 Å². The first kappa shape index (κ1) is 14.0. The third kappa shape index (κ3) is 2.08. The molecule has 2 bridgehead atoms. The molecule has 4 unspecified atom stereocenters. The zero-order valence-electron chi connectivity index (χ0n) is 12.1. The van der Waals surface area contributed by atoms with Crippen LogP contribution in [-0.4, -0.2) is 17.3 Å². The van der Waals surface area contributed by atoms with Gasteiger partial charge < -0.3 is 10.8 Å². The van der Waals surface area contributed by atoms with Crippen LogP contribution in [0.3, 0.4) is 0 Å². The van der Waals surface area contributed by atoms with Crippen LogP contribution in [0.2, 0.25) is 0 Å². The molecule has 20 heavy (non-hydrogen) atoms. The van der Waals surface area contributed by atoms with Gasteiger partial charge in [-0.15, -0.1) is 0 Å². The smallest absolute Gasteiger partial charge is 0.123 e. The Morgan fingerprint density at radius 1 is 1.35 bits per heavy atom. The number of hydrogen-bond acceptors (Lipinski definition) is 2. The standard InChI is InChI=1S/C17H24FNO/c1-16(20,9-12-3-6-15(18)7-4-12)17(11-19)10-13-2-5-14(17)8-13/h3-4,6-7,13-14,20H,2,5,8-11,19H2,1H3. The van der Waals surface area contributed by atoms with E-state index < -0.39 is 5.60 Å². The Bertz CT molecular complexity index is 484. The van der Waals surface area contributed by atoms with Gasteiger partial charge in [-0.25, -0.2) is 4.39 Å². The summed E-state index contributed by atoms with van der Waals surface area (Å²) in [4.78, 5) is 0. The molecule has 0 saturated heterocycles. The highest BCUT2D eigenvalue weighted by atomic mass is 19.1. The minimum Gasteiger partial charge on any atom is -0.389 e. The fourth-order valence-electron chi connectivity index (χ4n) is 4.75. The Hall–Kier alpha value is -0.930. The maximum atomic E-state index is 13.0. The second kappa shape index (κ2) is 4.81. The summed E-state index contributed by atoms with van der Waals surface area (Å²) in [6.45, 7) is 2.46. The Morgan fingerprint density at radius 3 is 2.55 bits per heavy atom. The second-order valence-electron chi connectivity index (χ2n) is 7.02. The van der Waals surface area contributed by atoms with E-state index in [-0.39, 0.29) is 11.2 Å². The van der Waals surface area contributed by atoms with Gasteiger partial charge in [-0.1, -0.05) is 18.6 Å². The van der Waals surface area contributed by atoms with Gasteiger partial charge in [0.15, 0.2) is 0 Å². The average Bonchev–Trinajstić information content (AvgIpc) is 3.02. The van der Waals surface area contributed by atoms with Crippen molar-refractivity contribution in [2.24, 2.45) is 23.0 Å². The molecule has 0 amide bonds. The van der Waals surface area contributed by atoms with Crippen molar-refractivity contribution in [2.45, 2.75) is 44.6 Å². The van der Waals surface area contributed by atoms with Crippen LogP contribution < -0.4 is 5.73 Å². The molecule has 0 spiro atoms. The van der Waals surface area contributed by atoms with E-state index in [1.54, 1.807) is 12.1 Å². The summed E-state index contributed by atoms with van der Waals surface area (Å²) in [6.07, 6.45) is 5.30. The molecule has 2 nitrogen and oxygen atoms in total. The molecule has 0 aromatic heterocycles. The number of rotatable bonds is 4. The van der Waals surface area contributed by atoms with Crippen molar-refractivity contribution < 1.29 is 9.50 Å². The Balaban J connectivity index is 1.84. The number of nitrogens with two attached hydrogens (primary N) is 1. The monoisotopic (exact) mass is 277 g/mol. The molecule has 0 aliphatic heterocycles. The lowest BCUT2D eigenvalue weighted by Crippen LogP contribution is -2.55. The predicted molar refractivity (Wildman–Crippen MR) is 77.7 cm³/mol. The third-order valence-electron chi connectivity index (χ3n) is 5.87. The summed E-state index contributed by atoms with van der Waals surface area (Å²) in [5, 5.41) is 11.1. The molecule has 1 aromatic carbocycles. The Kier molecular flexibility index (Phi) is 3.38. The lowest BCUT2D eigenvalue weighted by molar-refractivity contribution is -0.0956. The van der Waals surface area contributed by atoms with E-state index in [0.29, 0.717) is 18.9 Å². The molecule has 3 rings (SSSR count). The van der Waals surface area contributed by atoms with Gasteiger partial charge in [0, 0.05) is 18.4 Å². The van der Waals surface area contributed by atoms with Crippen molar-refractivity contribution >= 4 is 0 Å². The van der Waals surface area contributed by atoms with Gasteiger partial charge in [0.05, 0.1) is 5.60 Å². The highest BCUT2D eigenvalue weighted by Gasteiger charge is 2.58. The summed E-state index contributed by atoms with van der Waals surface area (Å²) >= 11 is 0. The molecule has 2 aliphatic rings. The van der Waals surface area contributed by atoms with Crippen molar-refractivity contribution in [1.29, 1.82) is 0 Å². The van der Waals surface area contributed by atoms with Crippen LogP contribution >= 0.6 is 0 Å². The van der Waals surface area contributed by atoms with Gasteiger partial charge in [0.25, 0.3) is 0 Å². The van der Waals surface area contributed by atoms with E-state index in [1.165, 1.54) is 31.4 Å². The minimum absolute atomic E-state index is 0.162. The largest absolute Gasteiger partial charge is 0.389 e. The molecule has 110 valence electrons. The molecular weight excluding hydrogens is 253 g/mol. The highest BCUT2D eigenvalue weighted by Crippen LogP contribution is 2.60. The molecule has 3 N–H and O–H groups in total. The Labute approximate surface area is 120 Å². The van der Waals surface area contributed by atoms with E-state index in [1.807, 2.05) is 6.92 Å². The number of halogens is 1. The second-order valence-corrected chi connectivity index (χ2v) is 7.02. The summed E-state index contributed by atoms with van der Waals surface area (Å²) in [7, 11) is 0. The van der Waals surface area contributed by atoms with Gasteiger partial charge in [-0.05, 0) is 55.7 Å². The van der Waals surface area contributed by atoms with Crippen LogP contribution in [0.5, 0.6) is 0 Å². The van der Waals surface area contributed by atoms with Gasteiger partial charge in [-0.3, -0.25) is 0 Å². The molecule has 0 heterocycles. The van der Waals surface area contributed by atoms with Crippen molar-refractivity contribution in [3.63, 3.8) is 0 Å². The normalized spacial score (nSPS) is 35.2. The average molecular weight is 277 g/mol. The minimum atomic E-state index is -0.820. The molecule has 4 atom stereocenters. The summed E-state index contributed by atoms with van der Waals surface area (Å²) in [5.41, 5.74) is 6.10. The first-order valence-corrected chi connectivity index (χ1v) is 7.64. The fraction of sp³-hybridized carbons (Fsp3) is 0.647. The van der Waals surface area contributed by atoms with Crippen molar-refractivity contribution in [3.05, 3.63) is 35.6 Å². The number of fused-ring (bicyclic) bond motifs is 2. The zero-order chi connectivity index (χ0) is 14.4.